The zero-order valence-corrected chi connectivity index (χ0v) is 15.6. The van der Waals surface area contributed by atoms with Crippen molar-refractivity contribution in [3.63, 3.8) is 0 Å². The van der Waals surface area contributed by atoms with Gasteiger partial charge in [-0.05, 0) is 91.9 Å². The Morgan fingerprint density at radius 2 is 1.91 bits per heavy atom. The fraction of sp³-hybridized carbons (Fsp3) is 0.950. The standard InChI is InChI=1S/C20H31NOS/c1-3-18(2)4-6-21(7-5-18)23-17(22)19-10-14-8-15-9-16(12-19)20(15,11-14)13-19/h14-16H,3-13H2,1-2H3. The van der Waals surface area contributed by atoms with Gasteiger partial charge in [-0.15, -0.1) is 0 Å². The van der Waals surface area contributed by atoms with Crippen molar-refractivity contribution >= 4 is 17.1 Å². The van der Waals surface area contributed by atoms with Gasteiger partial charge in [0.25, 0.3) is 0 Å². The predicted molar refractivity (Wildman–Crippen MR) is 94.8 cm³/mol. The minimum absolute atomic E-state index is 0.0784. The van der Waals surface area contributed by atoms with Crippen molar-refractivity contribution in [1.82, 2.24) is 4.31 Å². The smallest absolute Gasteiger partial charge is 0.210 e. The molecule has 5 atom stereocenters. The first-order chi connectivity index (χ1) is 11.0. The van der Waals surface area contributed by atoms with Crippen LogP contribution < -0.4 is 0 Å². The highest BCUT2D eigenvalue weighted by molar-refractivity contribution is 8.11. The van der Waals surface area contributed by atoms with Gasteiger partial charge in [-0.3, -0.25) is 4.79 Å². The number of carbonyl (C=O) groups excluding carboxylic acids is 1. The van der Waals surface area contributed by atoms with Crippen LogP contribution in [0.15, 0.2) is 0 Å². The van der Waals surface area contributed by atoms with Crippen LogP contribution in [0.2, 0.25) is 0 Å². The number of hydrogen-bond donors (Lipinski definition) is 0. The summed E-state index contributed by atoms with van der Waals surface area (Å²) in [7, 11) is 0. The number of fused-ring (bicyclic) bond motifs is 2. The molecule has 0 radical (unpaired) electrons. The maximum atomic E-state index is 13.3. The van der Waals surface area contributed by atoms with Gasteiger partial charge < -0.3 is 0 Å². The van der Waals surface area contributed by atoms with E-state index in [9.17, 15) is 4.79 Å². The fourth-order valence-electron chi connectivity index (χ4n) is 7.28. The lowest BCUT2D eigenvalue weighted by atomic mass is 9.55. The van der Waals surface area contributed by atoms with Crippen molar-refractivity contribution in [2.75, 3.05) is 13.1 Å². The van der Waals surface area contributed by atoms with Gasteiger partial charge >= 0.3 is 0 Å². The Balaban J connectivity index is 1.28. The van der Waals surface area contributed by atoms with Crippen molar-refractivity contribution in [3.8, 4) is 0 Å². The lowest BCUT2D eigenvalue weighted by Crippen LogP contribution is -2.42. The average molecular weight is 334 g/mol. The van der Waals surface area contributed by atoms with Crippen LogP contribution in [0.1, 0.15) is 71.6 Å². The number of piperidine rings is 1. The molecule has 0 N–H and O–H groups in total. The first-order valence-electron chi connectivity index (χ1n) is 9.94. The van der Waals surface area contributed by atoms with E-state index >= 15 is 0 Å². The van der Waals surface area contributed by atoms with E-state index in [0.29, 0.717) is 15.9 Å². The first kappa shape index (κ1) is 15.3. The van der Waals surface area contributed by atoms with E-state index < -0.39 is 0 Å². The lowest BCUT2D eigenvalue weighted by molar-refractivity contribution is -0.122. The molecule has 1 saturated heterocycles. The van der Waals surface area contributed by atoms with Crippen LogP contribution >= 0.6 is 11.9 Å². The molecule has 5 rings (SSSR count). The van der Waals surface area contributed by atoms with E-state index in [0.717, 1.165) is 30.8 Å². The quantitative estimate of drug-likeness (QED) is 0.686. The highest BCUT2D eigenvalue weighted by Crippen LogP contribution is 2.79. The molecule has 0 amide bonds. The van der Waals surface area contributed by atoms with E-state index in [4.69, 9.17) is 0 Å². The van der Waals surface area contributed by atoms with Crippen molar-refractivity contribution < 1.29 is 4.79 Å². The maximum absolute atomic E-state index is 13.3. The highest BCUT2D eigenvalue weighted by Gasteiger charge is 2.72. The molecular weight excluding hydrogens is 302 g/mol. The molecule has 4 saturated carbocycles. The Labute approximate surface area is 145 Å². The maximum Gasteiger partial charge on any atom is 0.210 e. The van der Waals surface area contributed by atoms with E-state index in [-0.39, 0.29) is 5.41 Å². The van der Waals surface area contributed by atoms with Crippen molar-refractivity contribution in [2.24, 2.45) is 34.0 Å². The number of carbonyl (C=O) groups is 1. The molecule has 3 bridgehead atoms. The summed E-state index contributed by atoms with van der Waals surface area (Å²) in [6, 6.07) is 0. The van der Waals surface area contributed by atoms with Crippen LogP contribution in [-0.2, 0) is 4.79 Å². The molecule has 3 heteroatoms. The largest absolute Gasteiger partial charge is 0.285 e. The molecule has 1 aliphatic heterocycles. The molecule has 4 aliphatic carbocycles. The third kappa shape index (κ3) is 2.02. The lowest BCUT2D eigenvalue weighted by Gasteiger charge is -2.49. The van der Waals surface area contributed by atoms with Crippen molar-refractivity contribution in [3.05, 3.63) is 0 Å². The van der Waals surface area contributed by atoms with Crippen LogP contribution in [0.5, 0.6) is 0 Å². The topological polar surface area (TPSA) is 20.3 Å². The fourth-order valence-corrected chi connectivity index (χ4v) is 8.31. The number of rotatable bonds is 3. The second-order valence-electron chi connectivity index (χ2n) is 10.0. The summed E-state index contributed by atoms with van der Waals surface area (Å²) in [6.45, 7) is 6.95. The third-order valence-corrected chi connectivity index (χ3v) is 10.1. The monoisotopic (exact) mass is 333 g/mol. The van der Waals surface area contributed by atoms with Gasteiger partial charge in [-0.25, -0.2) is 4.31 Å². The predicted octanol–water partition coefficient (Wildman–Crippen LogP) is 4.89. The summed E-state index contributed by atoms with van der Waals surface area (Å²) < 4.78 is 2.40. The van der Waals surface area contributed by atoms with Crippen LogP contribution in [0.25, 0.3) is 0 Å². The molecule has 5 unspecified atom stereocenters. The summed E-state index contributed by atoms with van der Waals surface area (Å²) in [6.07, 6.45) is 11.9. The summed E-state index contributed by atoms with van der Waals surface area (Å²) in [4.78, 5) is 13.3. The summed E-state index contributed by atoms with van der Waals surface area (Å²) in [5.41, 5.74) is 1.23. The zero-order valence-electron chi connectivity index (χ0n) is 14.8. The van der Waals surface area contributed by atoms with Gasteiger partial charge in [0.15, 0.2) is 0 Å². The molecule has 1 spiro atoms. The summed E-state index contributed by atoms with van der Waals surface area (Å²) in [5, 5.41) is 0.553. The van der Waals surface area contributed by atoms with Crippen molar-refractivity contribution in [2.45, 2.75) is 71.6 Å². The van der Waals surface area contributed by atoms with Gasteiger partial charge in [0, 0.05) is 18.5 Å². The van der Waals surface area contributed by atoms with Gasteiger partial charge in [0.05, 0.1) is 0 Å². The number of hydrogen-bond acceptors (Lipinski definition) is 3. The normalized spacial score (nSPS) is 49.9. The SMILES string of the molecule is CCC1(C)CCN(SC(=O)C23CC4CC5CC(C2)C5(C4)C3)CC1. The Morgan fingerprint density at radius 1 is 1.13 bits per heavy atom. The molecule has 0 aromatic rings. The number of nitrogens with zero attached hydrogens (tertiary/aromatic N) is 1. The Kier molecular flexibility index (Phi) is 3.17. The van der Waals surface area contributed by atoms with Crippen LogP contribution in [0, 0.1) is 34.0 Å². The van der Waals surface area contributed by atoms with Gasteiger partial charge in [-0.2, -0.15) is 0 Å². The molecule has 5 fully saturated rings. The minimum Gasteiger partial charge on any atom is -0.285 e. The van der Waals surface area contributed by atoms with Crippen LogP contribution in [0.4, 0.5) is 0 Å². The van der Waals surface area contributed by atoms with Gasteiger partial charge in [0.1, 0.15) is 0 Å². The Morgan fingerprint density at radius 3 is 2.65 bits per heavy atom. The molecule has 2 nitrogen and oxygen atoms in total. The van der Waals surface area contributed by atoms with E-state index in [1.165, 1.54) is 57.8 Å². The third-order valence-electron chi connectivity index (χ3n) is 8.89. The van der Waals surface area contributed by atoms with E-state index in [1.807, 2.05) is 0 Å². The molecule has 0 aromatic carbocycles. The van der Waals surface area contributed by atoms with Gasteiger partial charge in [0.2, 0.25) is 5.12 Å². The van der Waals surface area contributed by atoms with E-state index in [1.54, 1.807) is 11.9 Å². The molecule has 23 heavy (non-hydrogen) atoms. The van der Waals surface area contributed by atoms with Crippen LogP contribution in [0.3, 0.4) is 0 Å². The van der Waals surface area contributed by atoms with Crippen LogP contribution in [-0.4, -0.2) is 22.5 Å². The zero-order chi connectivity index (χ0) is 15.9. The second-order valence-corrected chi connectivity index (χ2v) is 11.1. The highest BCUT2D eigenvalue weighted by atomic mass is 32.2. The Hall–Kier alpha value is -0.0200. The van der Waals surface area contributed by atoms with E-state index in [2.05, 4.69) is 18.2 Å². The van der Waals surface area contributed by atoms with Crippen molar-refractivity contribution in [1.29, 1.82) is 0 Å². The molecule has 128 valence electrons. The minimum atomic E-state index is 0.0784. The first-order valence-corrected chi connectivity index (χ1v) is 10.7. The molecule has 5 aliphatic rings. The summed E-state index contributed by atoms with van der Waals surface area (Å²) in [5.74, 6) is 2.80. The Bertz CT molecular complexity index is 536. The molecular formula is C20H31NOS. The summed E-state index contributed by atoms with van der Waals surface area (Å²) >= 11 is 1.63. The second kappa shape index (κ2) is 4.78. The molecule has 0 aromatic heterocycles. The van der Waals surface area contributed by atoms with Gasteiger partial charge in [-0.1, -0.05) is 20.3 Å². The molecule has 1 heterocycles. The average Bonchev–Trinajstić information content (AvgIpc) is 2.85.